The molecule has 1 aliphatic carbocycles. The van der Waals surface area contributed by atoms with Gasteiger partial charge in [-0.25, -0.2) is 0 Å². The minimum Gasteiger partial charge on any atom is -0.481 e. The maximum absolute atomic E-state index is 12.0. The van der Waals surface area contributed by atoms with Crippen LogP contribution in [0.15, 0.2) is 24.3 Å². The van der Waals surface area contributed by atoms with Gasteiger partial charge in [-0.2, -0.15) is 0 Å². The maximum Gasteiger partial charge on any atom is 0.314 e. The number of hydrogen-bond donors (Lipinski definition) is 1. The Morgan fingerprint density at radius 1 is 1.35 bits per heavy atom. The molecule has 0 radical (unpaired) electrons. The molecule has 2 rings (SSSR count). The molecule has 0 saturated heterocycles. The Morgan fingerprint density at radius 3 is 2.60 bits per heavy atom. The first kappa shape index (κ1) is 15.1. The first-order valence-corrected chi connectivity index (χ1v) is 7.60. The topological polar surface area (TPSA) is 37.3 Å². The average molecular weight is 274 g/mol. The van der Waals surface area contributed by atoms with Gasteiger partial charge in [0, 0.05) is 0 Å². The lowest BCUT2D eigenvalue weighted by Crippen LogP contribution is -2.40. The molecule has 1 saturated carbocycles. The quantitative estimate of drug-likeness (QED) is 0.861. The molecule has 2 heteroatoms. The van der Waals surface area contributed by atoms with Crippen LogP contribution in [0.4, 0.5) is 0 Å². The van der Waals surface area contributed by atoms with Gasteiger partial charge in [-0.15, -0.1) is 0 Å². The summed E-state index contributed by atoms with van der Waals surface area (Å²) in [6.45, 7) is 8.68. The van der Waals surface area contributed by atoms with E-state index in [2.05, 4.69) is 39.8 Å². The highest BCUT2D eigenvalue weighted by Crippen LogP contribution is 2.43. The van der Waals surface area contributed by atoms with Gasteiger partial charge < -0.3 is 5.11 Å². The summed E-state index contributed by atoms with van der Waals surface area (Å²) in [4.78, 5) is 12.0. The van der Waals surface area contributed by atoms with Gasteiger partial charge in [0.2, 0.25) is 0 Å². The summed E-state index contributed by atoms with van der Waals surface area (Å²) >= 11 is 0. The Kier molecular flexibility index (Phi) is 3.95. The van der Waals surface area contributed by atoms with Crippen LogP contribution in [0.3, 0.4) is 0 Å². The summed E-state index contributed by atoms with van der Waals surface area (Å²) < 4.78 is 0. The summed E-state index contributed by atoms with van der Waals surface area (Å²) in [5.74, 6) is -0.173. The summed E-state index contributed by atoms with van der Waals surface area (Å²) in [6.07, 6.45) is 3.68. The highest BCUT2D eigenvalue weighted by molar-refractivity contribution is 5.81. The van der Waals surface area contributed by atoms with Crippen LogP contribution in [0.5, 0.6) is 0 Å². The molecule has 0 aliphatic heterocycles. The molecule has 2 atom stereocenters. The van der Waals surface area contributed by atoms with Crippen LogP contribution in [0.1, 0.15) is 64.5 Å². The molecule has 1 aliphatic rings. The first-order chi connectivity index (χ1) is 9.25. The third kappa shape index (κ3) is 2.74. The number of rotatable bonds is 2. The highest BCUT2D eigenvalue weighted by atomic mass is 16.4. The summed E-state index contributed by atoms with van der Waals surface area (Å²) in [7, 11) is 0. The van der Waals surface area contributed by atoms with E-state index >= 15 is 0 Å². The van der Waals surface area contributed by atoms with E-state index in [1.165, 1.54) is 5.56 Å². The second-order valence-corrected chi connectivity index (χ2v) is 7.42. The highest BCUT2D eigenvalue weighted by Gasteiger charge is 2.43. The number of carbonyl (C=O) groups is 1. The minimum atomic E-state index is -0.682. The van der Waals surface area contributed by atoms with Crippen LogP contribution in [-0.4, -0.2) is 11.1 Å². The monoisotopic (exact) mass is 274 g/mol. The van der Waals surface area contributed by atoms with Gasteiger partial charge in [-0.1, -0.05) is 64.8 Å². The normalized spacial score (nSPS) is 27.3. The van der Waals surface area contributed by atoms with Crippen molar-refractivity contribution in [2.75, 3.05) is 0 Å². The van der Waals surface area contributed by atoms with Crippen LogP contribution in [0, 0.1) is 5.92 Å². The van der Waals surface area contributed by atoms with Crippen molar-refractivity contribution in [3.63, 3.8) is 0 Å². The molecule has 2 nitrogen and oxygen atoms in total. The second kappa shape index (κ2) is 5.23. The van der Waals surface area contributed by atoms with Crippen molar-refractivity contribution >= 4 is 5.97 Å². The maximum atomic E-state index is 12.0. The van der Waals surface area contributed by atoms with E-state index in [4.69, 9.17) is 0 Å². The molecule has 1 aromatic carbocycles. The Bertz CT molecular complexity index is 498. The minimum absolute atomic E-state index is 0.0516. The van der Waals surface area contributed by atoms with Crippen molar-refractivity contribution in [3.8, 4) is 0 Å². The van der Waals surface area contributed by atoms with Crippen LogP contribution in [0.2, 0.25) is 0 Å². The van der Waals surface area contributed by atoms with Crippen molar-refractivity contribution in [1.29, 1.82) is 0 Å². The lowest BCUT2D eigenvalue weighted by atomic mass is 9.65. The lowest BCUT2D eigenvalue weighted by Gasteiger charge is -2.37. The molecule has 0 unspecified atom stereocenters. The largest absolute Gasteiger partial charge is 0.481 e. The van der Waals surface area contributed by atoms with Crippen LogP contribution in [-0.2, 0) is 15.6 Å². The second-order valence-electron chi connectivity index (χ2n) is 7.42. The van der Waals surface area contributed by atoms with E-state index in [1.807, 2.05) is 12.1 Å². The molecule has 0 aromatic heterocycles. The van der Waals surface area contributed by atoms with Crippen molar-refractivity contribution in [2.24, 2.45) is 5.92 Å². The Hall–Kier alpha value is -1.31. The zero-order valence-electron chi connectivity index (χ0n) is 13.1. The molecule has 1 N–H and O–H groups in total. The molecular formula is C18H26O2. The number of carboxylic acid groups (broad SMARTS) is 1. The lowest BCUT2D eigenvalue weighted by molar-refractivity contribution is -0.146. The van der Waals surface area contributed by atoms with Crippen molar-refractivity contribution in [1.82, 2.24) is 0 Å². The number of aliphatic carboxylic acids is 1. The van der Waals surface area contributed by atoms with Gasteiger partial charge in [0.25, 0.3) is 0 Å². The van der Waals surface area contributed by atoms with Crippen LogP contribution < -0.4 is 0 Å². The van der Waals surface area contributed by atoms with Gasteiger partial charge in [-0.3, -0.25) is 4.79 Å². The summed E-state index contributed by atoms with van der Waals surface area (Å²) in [6, 6.07) is 8.23. The van der Waals surface area contributed by atoms with Crippen molar-refractivity contribution in [3.05, 3.63) is 35.4 Å². The Balaban J connectivity index is 2.48. The zero-order chi connectivity index (χ0) is 15.0. The number of hydrogen-bond acceptors (Lipinski definition) is 1. The van der Waals surface area contributed by atoms with Gasteiger partial charge in [0.15, 0.2) is 0 Å². The van der Waals surface area contributed by atoms with Gasteiger partial charge in [-0.05, 0) is 35.3 Å². The molecule has 1 fully saturated rings. The predicted molar refractivity (Wildman–Crippen MR) is 82.1 cm³/mol. The van der Waals surface area contributed by atoms with E-state index in [0.29, 0.717) is 5.92 Å². The van der Waals surface area contributed by atoms with E-state index in [-0.39, 0.29) is 5.41 Å². The van der Waals surface area contributed by atoms with Crippen molar-refractivity contribution < 1.29 is 9.90 Å². The SMILES string of the molecule is C[C@@H]1CCC[C@@](C(=O)O)(c2cccc(C(C)(C)C)c2)C1. The fraction of sp³-hybridized carbons (Fsp3) is 0.611. The fourth-order valence-corrected chi connectivity index (χ4v) is 3.41. The summed E-state index contributed by atoms with van der Waals surface area (Å²) in [5, 5.41) is 9.85. The standard InChI is InChI=1S/C18H26O2/c1-13-7-6-10-18(12-13,16(19)20)15-9-5-8-14(11-15)17(2,3)4/h5,8-9,11,13H,6-7,10,12H2,1-4H3,(H,19,20)/t13-,18+/m1/s1. The van der Waals surface area contributed by atoms with E-state index in [0.717, 1.165) is 31.2 Å². The van der Waals surface area contributed by atoms with E-state index < -0.39 is 11.4 Å². The molecule has 0 amide bonds. The third-order valence-corrected chi connectivity index (χ3v) is 4.69. The number of carboxylic acids is 1. The average Bonchev–Trinajstić information content (AvgIpc) is 2.37. The predicted octanol–water partition coefficient (Wildman–Crippen LogP) is 4.52. The van der Waals surface area contributed by atoms with Crippen molar-refractivity contribution in [2.45, 2.75) is 64.2 Å². The van der Waals surface area contributed by atoms with Gasteiger partial charge in [0.05, 0.1) is 5.41 Å². The summed E-state index contributed by atoms with van der Waals surface area (Å²) in [5.41, 5.74) is 1.58. The van der Waals surface area contributed by atoms with E-state index in [1.54, 1.807) is 0 Å². The van der Waals surface area contributed by atoms with Crippen LogP contribution in [0.25, 0.3) is 0 Å². The van der Waals surface area contributed by atoms with Gasteiger partial charge >= 0.3 is 5.97 Å². The van der Waals surface area contributed by atoms with Crippen LogP contribution >= 0.6 is 0 Å². The molecule has 0 bridgehead atoms. The molecule has 0 heterocycles. The first-order valence-electron chi connectivity index (χ1n) is 7.60. The molecule has 20 heavy (non-hydrogen) atoms. The third-order valence-electron chi connectivity index (χ3n) is 4.69. The zero-order valence-corrected chi connectivity index (χ0v) is 13.1. The molecular weight excluding hydrogens is 248 g/mol. The molecule has 0 spiro atoms. The Morgan fingerprint density at radius 2 is 2.05 bits per heavy atom. The Labute approximate surface area is 122 Å². The molecule has 1 aromatic rings. The smallest absolute Gasteiger partial charge is 0.314 e. The van der Waals surface area contributed by atoms with Gasteiger partial charge in [0.1, 0.15) is 0 Å². The molecule has 110 valence electrons. The van der Waals surface area contributed by atoms with E-state index in [9.17, 15) is 9.90 Å². The fourth-order valence-electron chi connectivity index (χ4n) is 3.41. The number of benzene rings is 1.